The van der Waals surface area contributed by atoms with Crippen LogP contribution in [0.4, 0.5) is 5.00 Å². The van der Waals surface area contributed by atoms with Crippen LogP contribution in [-0.4, -0.2) is 36.0 Å². The molecule has 1 N–H and O–H groups in total. The number of aromatic carboxylic acids is 1. The van der Waals surface area contributed by atoms with Crippen molar-refractivity contribution in [1.82, 2.24) is 0 Å². The van der Waals surface area contributed by atoms with Gasteiger partial charge in [0.15, 0.2) is 5.79 Å². The van der Waals surface area contributed by atoms with Crippen LogP contribution in [0.15, 0.2) is 30.3 Å². The van der Waals surface area contributed by atoms with Gasteiger partial charge in [-0.3, -0.25) is 9.69 Å². The van der Waals surface area contributed by atoms with Gasteiger partial charge in [-0.05, 0) is 17.5 Å². The predicted molar refractivity (Wildman–Crippen MR) is 101 cm³/mol. The lowest BCUT2D eigenvalue weighted by Gasteiger charge is -2.31. The van der Waals surface area contributed by atoms with E-state index in [4.69, 9.17) is 9.47 Å². The van der Waals surface area contributed by atoms with Crippen LogP contribution in [0.1, 0.15) is 39.7 Å². The molecular weight excluding hydrogens is 366 g/mol. The van der Waals surface area contributed by atoms with Gasteiger partial charge < -0.3 is 14.6 Å². The number of thiophene rings is 1. The molecule has 1 aromatic carbocycles. The smallest absolute Gasteiger partial charge is 0.339 e. The largest absolute Gasteiger partial charge is 0.478 e. The Hall–Kier alpha value is -2.22. The standard InChI is InChI=1S/C20H21NO5S/c1-13(22)21(12-14-5-3-2-4-6-14)18-17(19(23)24)15-7-8-20(11-16(15)27-18)25-9-10-26-20/h2-6H,7-12H2,1H3,(H,23,24). The van der Waals surface area contributed by atoms with Crippen molar-refractivity contribution >= 4 is 28.2 Å². The van der Waals surface area contributed by atoms with Crippen molar-refractivity contribution in [2.75, 3.05) is 18.1 Å². The van der Waals surface area contributed by atoms with Gasteiger partial charge in [-0.1, -0.05) is 30.3 Å². The third-order valence-electron chi connectivity index (χ3n) is 5.09. The molecule has 0 unspecified atom stereocenters. The number of ether oxygens (including phenoxy) is 2. The number of carboxylic acids is 1. The normalized spacial score (nSPS) is 17.7. The quantitative estimate of drug-likeness (QED) is 0.872. The zero-order valence-corrected chi connectivity index (χ0v) is 15.9. The summed E-state index contributed by atoms with van der Waals surface area (Å²) in [6.45, 7) is 2.94. The number of hydrogen-bond acceptors (Lipinski definition) is 5. The van der Waals surface area contributed by atoms with Gasteiger partial charge >= 0.3 is 5.97 Å². The molecule has 1 amide bonds. The molecule has 1 aromatic heterocycles. The average molecular weight is 387 g/mol. The number of nitrogens with zero attached hydrogens (tertiary/aromatic N) is 1. The van der Waals surface area contributed by atoms with Crippen molar-refractivity contribution in [2.45, 2.75) is 38.5 Å². The minimum Gasteiger partial charge on any atom is -0.478 e. The molecule has 0 radical (unpaired) electrons. The molecule has 2 aliphatic rings. The first-order valence-corrected chi connectivity index (χ1v) is 9.78. The van der Waals surface area contributed by atoms with Crippen LogP contribution in [-0.2, 0) is 33.7 Å². The Balaban J connectivity index is 1.74. The fraction of sp³-hybridized carbons (Fsp3) is 0.400. The average Bonchev–Trinajstić information content (AvgIpc) is 3.24. The number of carbonyl (C=O) groups excluding carboxylic acids is 1. The minimum atomic E-state index is -0.994. The molecule has 0 bridgehead atoms. The van der Waals surface area contributed by atoms with Crippen molar-refractivity contribution in [3.8, 4) is 0 Å². The van der Waals surface area contributed by atoms with Crippen molar-refractivity contribution < 1.29 is 24.2 Å². The molecule has 1 fully saturated rings. The van der Waals surface area contributed by atoms with Gasteiger partial charge in [-0.2, -0.15) is 0 Å². The second-order valence-corrected chi connectivity index (χ2v) is 7.95. The summed E-state index contributed by atoms with van der Waals surface area (Å²) in [5.41, 5.74) is 2.01. The van der Waals surface area contributed by atoms with Crippen molar-refractivity contribution in [3.05, 3.63) is 51.9 Å². The lowest BCUT2D eigenvalue weighted by Crippen LogP contribution is -2.36. The molecule has 1 aliphatic carbocycles. The molecule has 27 heavy (non-hydrogen) atoms. The van der Waals surface area contributed by atoms with Crippen LogP contribution >= 0.6 is 11.3 Å². The Labute approximate surface area is 161 Å². The summed E-state index contributed by atoms with van der Waals surface area (Å²) in [4.78, 5) is 26.9. The highest BCUT2D eigenvalue weighted by atomic mass is 32.1. The van der Waals surface area contributed by atoms with Crippen molar-refractivity contribution in [3.63, 3.8) is 0 Å². The van der Waals surface area contributed by atoms with Crippen molar-refractivity contribution in [1.29, 1.82) is 0 Å². The first-order valence-electron chi connectivity index (χ1n) is 8.97. The molecule has 0 atom stereocenters. The number of fused-ring (bicyclic) bond motifs is 1. The van der Waals surface area contributed by atoms with E-state index in [9.17, 15) is 14.7 Å². The van der Waals surface area contributed by atoms with E-state index in [0.717, 1.165) is 16.0 Å². The number of anilines is 1. The number of benzene rings is 1. The Bertz CT molecular complexity index is 870. The van der Waals surface area contributed by atoms with Crippen molar-refractivity contribution in [2.24, 2.45) is 0 Å². The van der Waals surface area contributed by atoms with E-state index < -0.39 is 11.8 Å². The molecule has 4 rings (SSSR count). The van der Waals surface area contributed by atoms with Gasteiger partial charge in [0.2, 0.25) is 5.91 Å². The summed E-state index contributed by atoms with van der Waals surface area (Å²) in [5.74, 6) is -1.81. The molecule has 1 spiro atoms. The SMILES string of the molecule is CC(=O)N(Cc1ccccc1)c1sc2c(c1C(=O)O)CCC1(C2)OCCO1. The van der Waals surface area contributed by atoms with Gasteiger partial charge in [0.1, 0.15) is 5.00 Å². The molecule has 7 heteroatoms. The number of amides is 1. The highest BCUT2D eigenvalue weighted by Gasteiger charge is 2.43. The van der Waals surface area contributed by atoms with Crippen LogP contribution in [0.25, 0.3) is 0 Å². The highest BCUT2D eigenvalue weighted by Crippen LogP contribution is 2.45. The fourth-order valence-corrected chi connectivity index (χ4v) is 5.27. The summed E-state index contributed by atoms with van der Waals surface area (Å²) in [5, 5.41) is 10.4. The van der Waals surface area contributed by atoms with E-state index in [-0.39, 0.29) is 11.5 Å². The number of carbonyl (C=O) groups is 2. The molecule has 0 saturated carbocycles. The summed E-state index contributed by atoms with van der Waals surface area (Å²) >= 11 is 1.37. The van der Waals surface area contributed by atoms with Gasteiger partial charge in [0.25, 0.3) is 0 Å². The lowest BCUT2D eigenvalue weighted by molar-refractivity contribution is -0.163. The Morgan fingerprint density at radius 2 is 1.93 bits per heavy atom. The van der Waals surface area contributed by atoms with E-state index in [1.807, 2.05) is 30.3 Å². The molecule has 142 valence electrons. The maximum absolute atomic E-state index is 12.4. The zero-order valence-electron chi connectivity index (χ0n) is 15.1. The molecule has 1 aliphatic heterocycles. The second-order valence-electron chi connectivity index (χ2n) is 6.86. The van der Waals surface area contributed by atoms with E-state index >= 15 is 0 Å². The maximum Gasteiger partial charge on any atom is 0.339 e. The molecule has 1 saturated heterocycles. The summed E-state index contributed by atoms with van der Waals surface area (Å²) in [7, 11) is 0. The van der Waals surface area contributed by atoms with Crippen LogP contribution in [0.3, 0.4) is 0 Å². The van der Waals surface area contributed by atoms with Crippen LogP contribution in [0.2, 0.25) is 0 Å². The highest BCUT2D eigenvalue weighted by molar-refractivity contribution is 7.17. The van der Waals surface area contributed by atoms with Gasteiger partial charge in [0, 0.05) is 24.6 Å². The fourth-order valence-electron chi connectivity index (χ4n) is 3.80. The van der Waals surface area contributed by atoms with E-state index in [2.05, 4.69) is 0 Å². The molecule has 6 nitrogen and oxygen atoms in total. The molecule has 2 heterocycles. The molecular formula is C20H21NO5S. The predicted octanol–water partition coefficient (Wildman–Crippen LogP) is 3.23. The lowest BCUT2D eigenvalue weighted by atomic mass is 9.90. The van der Waals surface area contributed by atoms with Gasteiger partial charge in [0.05, 0.1) is 25.3 Å². The first kappa shape index (κ1) is 18.2. The maximum atomic E-state index is 12.4. The van der Waals surface area contributed by atoms with Gasteiger partial charge in [-0.25, -0.2) is 4.79 Å². The third-order valence-corrected chi connectivity index (χ3v) is 6.35. The number of hydrogen-bond donors (Lipinski definition) is 1. The van der Waals surface area contributed by atoms with E-state index in [1.54, 1.807) is 4.90 Å². The van der Waals surface area contributed by atoms with Crippen LogP contribution in [0, 0.1) is 0 Å². The second kappa shape index (κ2) is 7.07. The van der Waals surface area contributed by atoms with Gasteiger partial charge in [-0.15, -0.1) is 11.3 Å². The Morgan fingerprint density at radius 3 is 2.56 bits per heavy atom. The summed E-state index contributed by atoms with van der Waals surface area (Å²) < 4.78 is 11.6. The number of rotatable bonds is 4. The van der Waals surface area contributed by atoms with E-state index in [1.165, 1.54) is 18.3 Å². The first-order chi connectivity index (χ1) is 13.0. The molecule has 2 aromatic rings. The zero-order chi connectivity index (χ0) is 19.0. The minimum absolute atomic E-state index is 0.178. The Morgan fingerprint density at radius 1 is 1.22 bits per heavy atom. The van der Waals surface area contributed by atoms with Crippen LogP contribution < -0.4 is 4.90 Å². The Kier molecular flexibility index (Phi) is 4.75. The van der Waals surface area contributed by atoms with Crippen LogP contribution in [0.5, 0.6) is 0 Å². The number of carboxylic acid groups (broad SMARTS) is 1. The summed E-state index contributed by atoms with van der Waals surface area (Å²) in [6.07, 6.45) is 1.74. The summed E-state index contributed by atoms with van der Waals surface area (Å²) in [6, 6.07) is 9.58. The third kappa shape index (κ3) is 3.38. The van der Waals surface area contributed by atoms with E-state index in [0.29, 0.717) is 44.0 Å². The monoisotopic (exact) mass is 387 g/mol. The topological polar surface area (TPSA) is 76.1 Å².